The molecule has 0 unspecified atom stereocenters. The van der Waals surface area contributed by atoms with E-state index in [2.05, 4.69) is 20.5 Å². The summed E-state index contributed by atoms with van der Waals surface area (Å²) in [4.78, 5) is 25.4. The summed E-state index contributed by atoms with van der Waals surface area (Å²) >= 11 is 0. The molecule has 1 aromatic rings. The number of rotatable bonds is 4. The van der Waals surface area contributed by atoms with Crippen molar-refractivity contribution in [1.29, 1.82) is 0 Å². The van der Waals surface area contributed by atoms with Crippen LogP contribution in [0.25, 0.3) is 0 Å². The Bertz CT molecular complexity index is 346. The van der Waals surface area contributed by atoms with Gasteiger partial charge in [0, 0.05) is 6.42 Å². The third kappa shape index (κ3) is 2.54. The van der Waals surface area contributed by atoms with E-state index in [-0.39, 0.29) is 12.4 Å². The molecule has 0 atom stereocenters. The van der Waals surface area contributed by atoms with E-state index in [4.69, 9.17) is 5.73 Å². The predicted molar refractivity (Wildman–Crippen MR) is 47.3 cm³/mol. The number of carbonyl (C=O) groups is 2. The van der Waals surface area contributed by atoms with E-state index in [1.54, 1.807) is 0 Å². The average molecular weight is 197 g/mol. The van der Waals surface area contributed by atoms with Crippen molar-refractivity contribution >= 4 is 11.8 Å². The lowest BCUT2D eigenvalue weighted by molar-refractivity contribution is -0.117. The second-order valence-electron chi connectivity index (χ2n) is 2.61. The first-order valence-corrected chi connectivity index (χ1v) is 4.11. The lowest BCUT2D eigenvalue weighted by Crippen LogP contribution is -2.33. The van der Waals surface area contributed by atoms with Gasteiger partial charge in [-0.15, -0.1) is 5.10 Å². The van der Waals surface area contributed by atoms with E-state index >= 15 is 0 Å². The topological polar surface area (TPSA) is 114 Å². The van der Waals surface area contributed by atoms with Crippen LogP contribution in [0, 0.1) is 0 Å². The van der Waals surface area contributed by atoms with Crippen LogP contribution in [0.15, 0.2) is 0 Å². The van der Waals surface area contributed by atoms with Gasteiger partial charge in [0.05, 0.1) is 6.54 Å². The van der Waals surface area contributed by atoms with Gasteiger partial charge in [0.15, 0.2) is 0 Å². The molecule has 1 rings (SSSR count). The smallest absolute Gasteiger partial charge is 0.291 e. The summed E-state index contributed by atoms with van der Waals surface area (Å²) in [5.74, 6) is -0.485. The quantitative estimate of drug-likeness (QED) is 0.549. The third-order valence-electron chi connectivity index (χ3n) is 1.49. The van der Waals surface area contributed by atoms with Crippen molar-refractivity contribution in [3.8, 4) is 0 Å². The molecule has 0 saturated heterocycles. The Morgan fingerprint density at radius 1 is 1.57 bits per heavy atom. The standard InChI is InChI=1S/C7H11N5O2/c1-2-5-10-6(12-11-5)7(14)9-3-4(8)13/h2-3H2,1H3,(H2,8,13)(H,9,14)(H,10,11,12). The number of hydrogen-bond donors (Lipinski definition) is 3. The molecule has 2 amide bonds. The Kier molecular flexibility index (Phi) is 3.16. The lowest BCUT2D eigenvalue weighted by atomic mass is 10.4. The highest BCUT2D eigenvalue weighted by atomic mass is 16.2. The molecule has 76 valence electrons. The summed E-state index contributed by atoms with van der Waals surface area (Å²) in [5, 5.41) is 8.53. The van der Waals surface area contributed by atoms with E-state index in [0.717, 1.165) is 0 Å². The number of aryl methyl sites for hydroxylation is 1. The predicted octanol–water partition coefficient (Wildman–Crippen LogP) is -1.42. The molecular weight excluding hydrogens is 186 g/mol. The number of H-pyrrole nitrogens is 1. The van der Waals surface area contributed by atoms with Crippen molar-refractivity contribution in [1.82, 2.24) is 20.5 Å². The van der Waals surface area contributed by atoms with E-state index in [1.807, 2.05) is 6.92 Å². The van der Waals surface area contributed by atoms with Crippen LogP contribution in [0.3, 0.4) is 0 Å². The van der Waals surface area contributed by atoms with Gasteiger partial charge in [0.25, 0.3) is 5.91 Å². The summed E-state index contributed by atoms with van der Waals surface area (Å²) in [7, 11) is 0. The summed E-state index contributed by atoms with van der Waals surface area (Å²) in [6.45, 7) is 1.67. The molecule has 0 radical (unpaired) electrons. The van der Waals surface area contributed by atoms with Crippen LogP contribution in [-0.2, 0) is 11.2 Å². The lowest BCUT2D eigenvalue weighted by Gasteiger charge is -1.96. The van der Waals surface area contributed by atoms with Gasteiger partial charge in [-0.3, -0.25) is 14.7 Å². The van der Waals surface area contributed by atoms with Crippen molar-refractivity contribution < 1.29 is 9.59 Å². The number of amides is 2. The number of nitrogens with one attached hydrogen (secondary N) is 2. The highest BCUT2D eigenvalue weighted by Gasteiger charge is 2.11. The molecule has 7 heteroatoms. The fourth-order valence-corrected chi connectivity index (χ4v) is 0.801. The molecule has 1 heterocycles. The summed E-state index contributed by atoms with van der Waals surface area (Å²) in [5.41, 5.74) is 4.85. The number of aromatic nitrogens is 3. The Balaban J connectivity index is 2.56. The van der Waals surface area contributed by atoms with Crippen molar-refractivity contribution in [2.24, 2.45) is 5.73 Å². The van der Waals surface area contributed by atoms with Crippen LogP contribution < -0.4 is 11.1 Å². The molecule has 0 aliphatic carbocycles. The third-order valence-corrected chi connectivity index (χ3v) is 1.49. The minimum atomic E-state index is -0.607. The Morgan fingerprint density at radius 3 is 2.79 bits per heavy atom. The van der Waals surface area contributed by atoms with Gasteiger partial charge in [-0.2, -0.15) is 0 Å². The molecule has 0 aromatic carbocycles. The SMILES string of the molecule is CCc1nc(C(=O)NCC(N)=O)n[nH]1. The first kappa shape index (κ1) is 10.2. The largest absolute Gasteiger partial charge is 0.368 e. The van der Waals surface area contributed by atoms with Gasteiger partial charge in [-0.05, 0) is 0 Å². The second-order valence-corrected chi connectivity index (χ2v) is 2.61. The molecule has 7 nitrogen and oxygen atoms in total. The molecule has 0 fully saturated rings. The zero-order valence-electron chi connectivity index (χ0n) is 7.70. The highest BCUT2D eigenvalue weighted by Crippen LogP contribution is 1.92. The maximum Gasteiger partial charge on any atom is 0.291 e. The minimum absolute atomic E-state index is 0.0168. The molecule has 1 aromatic heterocycles. The highest BCUT2D eigenvalue weighted by molar-refractivity contribution is 5.93. The van der Waals surface area contributed by atoms with Crippen LogP contribution in [0.1, 0.15) is 23.4 Å². The van der Waals surface area contributed by atoms with Gasteiger partial charge in [-0.1, -0.05) is 6.92 Å². The molecule has 0 saturated carbocycles. The van der Waals surface area contributed by atoms with Crippen molar-refractivity contribution in [3.63, 3.8) is 0 Å². The van der Waals surface area contributed by atoms with Crippen LogP contribution in [0.4, 0.5) is 0 Å². The number of nitrogens with two attached hydrogens (primary N) is 1. The number of nitrogens with zero attached hydrogens (tertiary/aromatic N) is 2. The Hall–Kier alpha value is -1.92. The molecule has 4 N–H and O–H groups in total. The van der Waals surface area contributed by atoms with Crippen molar-refractivity contribution in [2.75, 3.05) is 6.54 Å². The van der Waals surface area contributed by atoms with Gasteiger partial charge >= 0.3 is 0 Å². The normalized spacial score (nSPS) is 9.79. The fourth-order valence-electron chi connectivity index (χ4n) is 0.801. The number of hydrogen-bond acceptors (Lipinski definition) is 4. The van der Waals surface area contributed by atoms with Gasteiger partial charge < -0.3 is 11.1 Å². The summed E-state index contributed by atoms with van der Waals surface area (Å²) in [6, 6.07) is 0. The molecule has 14 heavy (non-hydrogen) atoms. The molecule has 0 spiro atoms. The van der Waals surface area contributed by atoms with E-state index in [9.17, 15) is 9.59 Å². The fraction of sp³-hybridized carbons (Fsp3) is 0.429. The first-order valence-electron chi connectivity index (χ1n) is 4.11. The average Bonchev–Trinajstić information content (AvgIpc) is 2.62. The van der Waals surface area contributed by atoms with Crippen molar-refractivity contribution in [2.45, 2.75) is 13.3 Å². The molecule has 0 aliphatic rings. The maximum absolute atomic E-state index is 11.2. The molecular formula is C7H11N5O2. The molecule has 0 aliphatic heterocycles. The van der Waals surface area contributed by atoms with E-state index < -0.39 is 11.8 Å². The van der Waals surface area contributed by atoms with E-state index in [0.29, 0.717) is 12.2 Å². The van der Waals surface area contributed by atoms with Gasteiger partial charge in [-0.25, -0.2) is 4.98 Å². The maximum atomic E-state index is 11.2. The Labute approximate surface area is 80.1 Å². The Morgan fingerprint density at radius 2 is 2.29 bits per heavy atom. The number of aromatic amines is 1. The monoisotopic (exact) mass is 197 g/mol. The van der Waals surface area contributed by atoms with Gasteiger partial charge in [0.2, 0.25) is 11.7 Å². The summed E-state index contributed by atoms with van der Waals surface area (Å²) in [6.07, 6.45) is 0.663. The van der Waals surface area contributed by atoms with Crippen LogP contribution in [0.2, 0.25) is 0 Å². The van der Waals surface area contributed by atoms with Gasteiger partial charge in [0.1, 0.15) is 5.82 Å². The molecule has 0 bridgehead atoms. The van der Waals surface area contributed by atoms with E-state index in [1.165, 1.54) is 0 Å². The van der Waals surface area contributed by atoms with Crippen LogP contribution in [0.5, 0.6) is 0 Å². The summed E-state index contributed by atoms with van der Waals surface area (Å²) < 4.78 is 0. The zero-order chi connectivity index (χ0) is 10.6. The first-order chi connectivity index (χ1) is 6.63. The van der Waals surface area contributed by atoms with Crippen molar-refractivity contribution in [3.05, 3.63) is 11.6 Å². The van der Waals surface area contributed by atoms with Crippen LogP contribution >= 0.6 is 0 Å². The van der Waals surface area contributed by atoms with Crippen LogP contribution in [-0.4, -0.2) is 33.5 Å². The number of carbonyl (C=O) groups excluding carboxylic acids is 2. The zero-order valence-corrected chi connectivity index (χ0v) is 7.70. The minimum Gasteiger partial charge on any atom is -0.368 e. The number of primary amides is 1. The second kappa shape index (κ2) is 4.35.